The molecule has 1 heterocycles. The van der Waals surface area contributed by atoms with Gasteiger partial charge < -0.3 is 14.4 Å². The first kappa shape index (κ1) is 28.9. The fourth-order valence-corrected chi connectivity index (χ4v) is 6.81. The molecule has 0 saturated carbocycles. The molecule has 5 rings (SSSR count). The third kappa shape index (κ3) is 5.51. The van der Waals surface area contributed by atoms with E-state index >= 15 is 0 Å². The Morgan fingerprint density at radius 1 is 0.927 bits per heavy atom. The van der Waals surface area contributed by atoms with Crippen LogP contribution in [-0.2, 0) is 22.6 Å². The van der Waals surface area contributed by atoms with E-state index in [1.165, 1.54) is 5.56 Å². The van der Waals surface area contributed by atoms with Crippen molar-refractivity contribution in [3.63, 3.8) is 0 Å². The second-order valence-electron chi connectivity index (χ2n) is 13.6. The van der Waals surface area contributed by atoms with E-state index in [1.807, 2.05) is 19.2 Å². The van der Waals surface area contributed by atoms with E-state index in [-0.39, 0.29) is 22.4 Å². The molecule has 5 heteroatoms. The summed E-state index contributed by atoms with van der Waals surface area (Å²) in [7, 11) is 3.68. The van der Waals surface area contributed by atoms with Gasteiger partial charge >= 0.3 is 0 Å². The standard InChI is InChI=1S/C36H43NO4/c1-9-10-24-15-25(16-30(40-8)34(24)41-21-23-13-11-22(2)12-14-23)31-32-26(17-35(3,4)19-28(32)38)37(7)27-18-36(5,6)20-29(39)33(27)31/h9,11-16,31H,1,10,17-21H2,2-8H3. The lowest BCUT2D eigenvalue weighted by atomic mass is 9.63. The van der Waals surface area contributed by atoms with E-state index in [1.54, 1.807) is 7.11 Å². The number of ketones is 2. The van der Waals surface area contributed by atoms with Crippen LogP contribution in [0.4, 0.5) is 0 Å². The number of benzene rings is 2. The van der Waals surface area contributed by atoms with Crippen LogP contribution in [0.15, 0.2) is 71.6 Å². The average Bonchev–Trinajstić information content (AvgIpc) is 2.88. The summed E-state index contributed by atoms with van der Waals surface area (Å²) in [6.07, 6.45) is 4.94. The van der Waals surface area contributed by atoms with Crippen LogP contribution in [0, 0.1) is 17.8 Å². The van der Waals surface area contributed by atoms with Gasteiger partial charge in [0.2, 0.25) is 0 Å². The van der Waals surface area contributed by atoms with Gasteiger partial charge in [-0.25, -0.2) is 0 Å². The predicted molar refractivity (Wildman–Crippen MR) is 163 cm³/mol. The van der Waals surface area contributed by atoms with Crippen LogP contribution < -0.4 is 9.47 Å². The topological polar surface area (TPSA) is 55.8 Å². The molecule has 0 aromatic heterocycles. The van der Waals surface area contributed by atoms with Gasteiger partial charge in [-0.05, 0) is 54.2 Å². The van der Waals surface area contributed by atoms with E-state index in [9.17, 15) is 9.59 Å². The quantitative estimate of drug-likeness (QED) is 0.330. The first-order valence-corrected chi connectivity index (χ1v) is 14.6. The number of aryl methyl sites for hydroxylation is 1. The van der Waals surface area contributed by atoms with Gasteiger partial charge in [0.05, 0.1) is 7.11 Å². The van der Waals surface area contributed by atoms with Gasteiger partial charge in [0, 0.05) is 53.9 Å². The highest BCUT2D eigenvalue weighted by atomic mass is 16.5. The number of hydrogen-bond donors (Lipinski definition) is 0. The molecule has 5 nitrogen and oxygen atoms in total. The number of allylic oxidation sites excluding steroid dienone is 5. The van der Waals surface area contributed by atoms with Crippen LogP contribution in [0.2, 0.25) is 0 Å². The summed E-state index contributed by atoms with van der Waals surface area (Å²) >= 11 is 0. The fourth-order valence-electron chi connectivity index (χ4n) is 6.81. The molecule has 216 valence electrons. The fraction of sp³-hybridized carbons (Fsp3) is 0.444. The molecule has 0 spiro atoms. The molecular weight excluding hydrogens is 510 g/mol. The number of carbonyl (C=O) groups is 2. The summed E-state index contributed by atoms with van der Waals surface area (Å²) in [5.41, 5.74) is 7.43. The van der Waals surface area contributed by atoms with Crippen molar-refractivity contribution in [2.45, 2.75) is 79.2 Å². The Hall–Kier alpha value is -3.60. The van der Waals surface area contributed by atoms with Crippen molar-refractivity contribution < 1.29 is 19.1 Å². The second kappa shape index (κ2) is 10.7. The number of ether oxygens (including phenoxy) is 2. The maximum atomic E-state index is 13.9. The number of methoxy groups -OCH3 is 1. The molecule has 0 N–H and O–H groups in total. The molecule has 0 bridgehead atoms. The van der Waals surface area contributed by atoms with Gasteiger partial charge in [0.1, 0.15) is 6.61 Å². The molecule has 0 amide bonds. The highest BCUT2D eigenvalue weighted by molar-refractivity contribution is 6.06. The first-order valence-electron chi connectivity index (χ1n) is 14.6. The molecule has 3 aliphatic rings. The molecule has 1 aliphatic heterocycles. The number of rotatable bonds is 7. The normalized spacial score (nSPS) is 20.1. The van der Waals surface area contributed by atoms with Crippen LogP contribution in [0.25, 0.3) is 0 Å². The summed E-state index contributed by atoms with van der Waals surface area (Å²) in [5, 5.41) is 0. The van der Waals surface area contributed by atoms with Gasteiger partial charge in [-0.15, -0.1) is 6.58 Å². The summed E-state index contributed by atoms with van der Waals surface area (Å²) < 4.78 is 12.3. The third-order valence-corrected chi connectivity index (χ3v) is 8.76. The largest absolute Gasteiger partial charge is 0.493 e. The zero-order valence-corrected chi connectivity index (χ0v) is 25.6. The maximum absolute atomic E-state index is 13.9. The third-order valence-electron chi connectivity index (χ3n) is 8.76. The zero-order valence-electron chi connectivity index (χ0n) is 25.6. The Labute approximate surface area is 244 Å². The Morgan fingerprint density at radius 3 is 2.00 bits per heavy atom. The van der Waals surface area contributed by atoms with Crippen molar-refractivity contribution in [3.8, 4) is 11.5 Å². The van der Waals surface area contributed by atoms with Crippen molar-refractivity contribution in [3.05, 3.63) is 93.8 Å². The van der Waals surface area contributed by atoms with Crippen LogP contribution >= 0.6 is 0 Å². The SMILES string of the molecule is C=CCc1cc(C2C3=C(CC(C)(C)CC3=O)N(C)C3=C2C(=O)CC(C)(C)C3)cc(OC)c1OCc1ccc(C)cc1. The van der Waals surface area contributed by atoms with Crippen LogP contribution in [-0.4, -0.2) is 30.6 Å². The summed E-state index contributed by atoms with van der Waals surface area (Å²) in [6.45, 7) is 15.1. The van der Waals surface area contributed by atoms with Crippen molar-refractivity contribution in [1.29, 1.82) is 0 Å². The number of nitrogens with zero attached hydrogens (tertiary/aromatic N) is 1. The van der Waals surface area contributed by atoms with Gasteiger partial charge in [0.25, 0.3) is 0 Å². The van der Waals surface area contributed by atoms with E-state index in [4.69, 9.17) is 9.47 Å². The summed E-state index contributed by atoms with van der Waals surface area (Å²) in [4.78, 5) is 30.0. The van der Waals surface area contributed by atoms with Crippen LogP contribution in [0.1, 0.15) is 81.5 Å². The Morgan fingerprint density at radius 2 is 1.49 bits per heavy atom. The van der Waals surface area contributed by atoms with Gasteiger partial charge in [-0.3, -0.25) is 9.59 Å². The van der Waals surface area contributed by atoms with E-state index in [0.29, 0.717) is 37.4 Å². The zero-order chi connectivity index (χ0) is 29.7. The lowest BCUT2D eigenvalue weighted by Crippen LogP contribution is -2.43. The molecule has 0 unspecified atom stereocenters. The smallest absolute Gasteiger partial charge is 0.165 e. The minimum atomic E-state index is -0.424. The average molecular weight is 554 g/mol. The molecule has 0 saturated heterocycles. The highest BCUT2D eigenvalue weighted by Crippen LogP contribution is 2.54. The molecule has 2 aliphatic carbocycles. The summed E-state index contributed by atoms with van der Waals surface area (Å²) in [5.74, 6) is 1.09. The number of carbonyl (C=O) groups excluding carboxylic acids is 2. The Kier molecular flexibility index (Phi) is 7.52. The van der Waals surface area contributed by atoms with Crippen molar-refractivity contribution in [2.75, 3.05) is 14.2 Å². The Bertz CT molecular complexity index is 1420. The molecule has 0 atom stereocenters. The Balaban J connectivity index is 1.67. The summed E-state index contributed by atoms with van der Waals surface area (Å²) in [6, 6.07) is 12.4. The van der Waals surface area contributed by atoms with Crippen LogP contribution in [0.5, 0.6) is 11.5 Å². The minimum Gasteiger partial charge on any atom is -0.493 e. The van der Waals surface area contributed by atoms with Gasteiger partial charge in [0.15, 0.2) is 23.1 Å². The number of Topliss-reactive ketones (excluding diaryl/α,β-unsaturated/α-hetero) is 2. The monoisotopic (exact) mass is 553 g/mol. The van der Waals surface area contributed by atoms with Crippen molar-refractivity contribution >= 4 is 11.6 Å². The highest BCUT2D eigenvalue weighted by Gasteiger charge is 2.48. The molecule has 2 aromatic carbocycles. The molecular formula is C36H43NO4. The first-order chi connectivity index (χ1) is 19.3. The van der Waals surface area contributed by atoms with E-state index in [0.717, 1.165) is 52.1 Å². The van der Waals surface area contributed by atoms with E-state index in [2.05, 4.69) is 76.4 Å². The van der Waals surface area contributed by atoms with Crippen molar-refractivity contribution in [1.82, 2.24) is 4.90 Å². The second-order valence-corrected chi connectivity index (χ2v) is 13.6. The molecule has 0 radical (unpaired) electrons. The van der Waals surface area contributed by atoms with Crippen molar-refractivity contribution in [2.24, 2.45) is 10.8 Å². The van der Waals surface area contributed by atoms with E-state index < -0.39 is 5.92 Å². The minimum absolute atomic E-state index is 0.126. The van der Waals surface area contributed by atoms with Gasteiger partial charge in [-0.1, -0.05) is 69.7 Å². The lowest BCUT2D eigenvalue weighted by Gasteiger charge is -2.48. The molecule has 2 aromatic rings. The molecule has 0 fully saturated rings. The van der Waals surface area contributed by atoms with Crippen LogP contribution in [0.3, 0.4) is 0 Å². The molecule has 41 heavy (non-hydrogen) atoms. The lowest BCUT2D eigenvalue weighted by molar-refractivity contribution is -0.119. The van der Waals surface area contributed by atoms with Gasteiger partial charge in [-0.2, -0.15) is 0 Å². The maximum Gasteiger partial charge on any atom is 0.165 e. The number of hydrogen-bond acceptors (Lipinski definition) is 5. The predicted octanol–water partition coefficient (Wildman–Crippen LogP) is 7.63.